The van der Waals surface area contributed by atoms with Crippen molar-refractivity contribution in [1.29, 1.82) is 5.26 Å². The lowest BCUT2D eigenvalue weighted by atomic mass is 10.1. The molecule has 4 aromatic rings. The Kier molecular flexibility index (Phi) is 8.92. The van der Waals surface area contributed by atoms with E-state index in [2.05, 4.69) is 25.7 Å². The molecule has 1 unspecified atom stereocenters. The quantitative estimate of drug-likeness (QED) is 0.191. The average Bonchev–Trinajstić information content (AvgIpc) is 3.81. The number of carbonyl (C=O) groups excluding carboxylic acids is 3. The van der Waals surface area contributed by atoms with Crippen LogP contribution < -0.4 is 16.4 Å². The van der Waals surface area contributed by atoms with Gasteiger partial charge in [-0.25, -0.2) is 14.8 Å². The lowest BCUT2D eigenvalue weighted by Crippen LogP contribution is -2.60. The molecule has 15 nitrogen and oxygen atoms in total. The highest BCUT2D eigenvalue weighted by Gasteiger charge is 2.39. The minimum atomic E-state index is -4.78. The van der Waals surface area contributed by atoms with Crippen LogP contribution in [0, 0.1) is 11.3 Å². The molecule has 0 aliphatic carbocycles. The molecule has 2 saturated heterocycles. The fourth-order valence-electron chi connectivity index (χ4n) is 5.83. The molecule has 250 valence electrons. The van der Waals surface area contributed by atoms with Gasteiger partial charge < -0.3 is 26.0 Å². The van der Waals surface area contributed by atoms with Crippen LogP contribution in [0.15, 0.2) is 43.0 Å². The number of fused-ring (bicyclic) bond motifs is 1. The first-order valence-corrected chi connectivity index (χ1v) is 15.0. The van der Waals surface area contributed by atoms with Gasteiger partial charge >= 0.3 is 18.1 Å². The van der Waals surface area contributed by atoms with Gasteiger partial charge in [0.05, 0.1) is 40.7 Å². The van der Waals surface area contributed by atoms with Crippen LogP contribution >= 0.6 is 11.6 Å². The third-order valence-electron chi connectivity index (χ3n) is 8.04. The number of halogens is 4. The number of aromatic nitrogens is 5. The van der Waals surface area contributed by atoms with Crippen LogP contribution in [0.25, 0.3) is 16.9 Å². The summed E-state index contributed by atoms with van der Waals surface area (Å²) in [6.45, 7) is 1.78. The van der Waals surface area contributed by atoms with E-state index in [0.29, 0.717) is 25.3 Å². The first-order valence-electron chi connectivity index (χ1n) is 14.6. The van der Waals surface area contributed by atoms with Gasteiger partial charge in [-0.05, 0) is 31.2 Å². The van der Waals surface area contributed by atoms with E-state index in [1.807, 2.05) is 4.90 Å². The van der Waals surface area contributed by atoms with Crippen LogP contribution in [0.2, 0.25) is 5.02 Å². The van der Waals surface area contributed by atoms with Crippen LogP contribution in [0.1, 0.15) is 22.5 Å². The van der Waals surface area contributed by atoms with E-state index in [1.54, 1.807) is 12.1 Å². The Morgan fingerprint density at radius 3 is 2.73 bits per heavy atom. The Labute approximate surface area is 275 Å². The Morgan fingerprint density at radius 1 is 1.23 bits per heavy atom. The summed E-state index contributed by atoms with van der Waals surface area (Å²) in [7, 11) is 0. The molecule has 19 heteroatoms. The molecule has 5 heterocycles. The summed E-state index contributed by atoms with van der Waals surface area (Å²) in [5.74, 6) is -2.66. The highest BCUT2D eigenvalue weighted by molar-refractivity contribution is 6.34. The lowest BCUT2D eigenvalue weighted by Gasteiger charge is -2.43. The monoisotopic (exact) mass is 685 g/mol. The number of nitrogens with zero attached hydrogens (tertiary/aromatic N) is 8. The number of hydrogen-bond acceptors (Lipinski definition) is 11. The fraction of sp³-hybridized carbons (Fsp3) is 0.345. The number of piperazine rings is 1. The van der Waals surface area contributed by atoms with Crippen LogP contribution in [0.4, 0.5) is 24.7 Å². The number of anilines is 2. The van der Waals surface area contributed by atoms with E-state index in [4.69, 9.17) is 27.3 Å². The number of hydrogen-bond donors (Lipinski definition) is 3. The maximum absolute atomic E-state index is 13.8. The summed E-state index contributed by atoms with van der Waals surface area (Å²) < 4.78 is 49.1. The molecule has 2 atom stereocenters. The number of alkyl halides is 3. The van der Waals surface area contributed by atoms with Gasteiger partial charge in [-0.3, -0.25) is 23.6 Å². The molecule has 2 amide bonds. The van der Waals surface area contributed by atoms with Gasteiger partial charge in [-0.1, -0.05) is 11.6 Å². The number of rotatable bonds is 7. The molecule has 2 aliphatic heterocycles. The maximum atomic E-state index is 13.8. The van der Waals surface area contributed by atoms with E-state index in [9.17, 15) is 27.6 Å². The van der Waals surface area contributed by atoms with Crippen molar-refractivity contribution in [3.8, 4) is 17.3 Å². The van der Waals surface area contributed by atoms with Crippen molar-refractivity contribution in [3.63, 3.8) is 0 Å². The summed E-state index contributed by atoms with van der Waals surface area (Å²) >= 11 is 6.56. The number of nitrogens with two attached hydrogens (primary N) is 1. The third kappa shape index (κ3) is 6.47. The second kappa shape index (κ2) is 13.1. The molecule has 1 aromatic carbocycles. The first kappa shape index (κ1) is 32.7. The van der Waals surface area contributed by atoms with E-state index < -0.39 is 35.9 Å². The molecule has 4 N–H and O–H groups in total. The van der Waals surface area contributed by atoms with Crippen molar-refractivity contribution in [2.24, 2.45) is 5.73 Å². The van der Waals surface area contributed by atoms with Gasteiger partial charge in [0.1, 0.15) is 6.54 Å². The van der Waals surface area contributed by atoms with Crippen molar-refractivity contribution >= 4 is 46.5 Å². The molecular formula is C29H27ClF3N11O4. The standard InChI is InChI=1S/C29H27ClF3N11O4/c30-20-11-16(1-2-18(20)27(46)41-9-10-43(17-3-5-36-12-17)22(15-41)48-28(47)24(35)45)39-25-26-38-13-21(44(26)8-6-37-25)19-14-42(7-4-34)40-23(19)29(31,32)33/h1-2,6,8,11,13-14,17,22,36H,3,5,7,9-10,12,15H2,(H2,35,45)(H,37,39)/t17-,22?/m0/s1. The van der Waals surface area contributed by atoms with Crippen molar-refractivity contribution in [2.75, 3.05) is 38.0 Å². The number of primary amides is 1. The zero-order valence-corrected chi connectivity index (χ0v) is 25.7. The molecule has 3 aromatic heterocycles. The number of imidazole rings is 1. The van der Waals surface area contributed by atoms with Crippen molar-refractivity contribution in [3.05, 3.63) is 59.3 Å². The van der Waals surface area contributed by atoms with Crippen molar-refractivity contribution < 1.29 is 32.3 Å². The number of nitrogens with one attached hydrogen (secondary N) is 2. The number of benzene rings is 1. The van der Waals surface area contributed by atoms with Crippen LogP contribution in [-0.2, 0) is 27.0 Å². The molecule has 0 saturated carbocycles. The molecular weight excluding hydrogens is 659 g/mol. The Morgan fingerprint density at radius 2 is 2.04 bits per heavy atom. The average molecular weight is 686 g/mol. The van der Waals surface area contributed by atoms with Gasteiger partial charge in [0.2, 0.25) is 0 Å². The highest BCUT2D eigenvalue weighted by atomic mass is 35.5. The third-order valence-corrected chi connectivity index (χ3v) is 8.35. The second-order valence-electron chi connectivity index (χ2n) is 11.0. The van der Waals surface area contributed by atoms with Gasteiger partial charge in [-0.2, -0.15) is 23.5 Å². The summed E-state index contributed by atoms with van der Waals surface area (Å²) in [6, 6.07) is 6.39. The lowest BCUT2D eigenvalue weighted by molar-refractivity contribution is -0.171. The predicted molar refractivity (Wildman–Crippen MR) is 163 cm³/mol. The van der Waals surface area contributed by atoms with Crippen molar-refractivity contribution in [1.82, 2.24) is 39.3 Å². The Hall–Kier alpha value is -5.25. The van der Waals surface area contributed by atoms with Gasteiger partial charge in [0.25, 0.3) is 5.91 Å². The molecule has 6 rings (SSSR count). The van der Waals surface area contributed by atoms with E-state index in [-0.39, 0.29) is 52.4 Å². The molecule has 2 aliphatic rings. The first-order chi connectivity index (χ1) is 22.9. The normalized spacial score (nSPS) is 18.5. The fourth-order valence-corrected chi connectivity index (χ4v) is 6.09. The summed E-state index contributed by atoms with van der Waals surface area (Å²) in [4.78, 5) is 49.0. The number of amides is 2. The Bertz CT molecular complexity index is 1930. The molecule has 0 bridgehead atoms. The van der Waals surface area contributed by atoms with E-state index >= 15 is 0 Å². The van der Waals surface area contributed by atoms with Gasteiger partial charge in [-0.15, -0.1) is 0 Å². The summed E-state index contributed by atoms with van der Waals surface area (Å²) in [6.07, 6.45) is 0.340. The minimum absolute atomic E-state index is 0.00964. The highest BCUT2D eigenvalue weighted by Crippen LogP contribution is 2.37. The maximum Gasteiger partial charge on any atom is 0.435 e. The topological polar surface area (TPSA) is 189 Å². The predicted octanol–water partition coefficient (Wildman–Crippen LogP) is 2.01. The van der Waals surface area contributed by atoms with Gasteiger partial charge in [0.15, 0.2) is 23.4 Å². The smallest absolute Gasteiger partial charge is 0.435 e. The molecule has 0 spiro atoms. The van der Waals surface area contributed by atoms with E-state index in [0.717, 1.165) is 23.8 Å². The molecule has 2 fully saturated rings. The number of esters is 1. The minimum Gasteiger partial charge on any atom is -0.437 e. The largest absolute Gasteiger partial charge is 0.437 e. The van der Waals surface area contributed by atoms with Crippen molar-refractivity contribution in [2.45, 2.75) is 31.4 Å². The van der Waals surface area contributed by atoms with Crippen LogP contribution in [0.5, 0.6) is 0 Å². The van der Waals surface area contributed by atoms with Crippen LogP contribution in [-0.4, -0.2) is 96.7 Å². The van der Waals surface area contributed by atoms with Gasteiger partial charge in [0, 0.05) is 50.0 Å². The zero-order chi connectivity index (χ0) is 34.2. The van der Waals surface area contributed by atoms with Crippen LogP contribution in [0.3, 0.4) is 0 Å². The summed E-state index contributed by atoms with van der Waals surface area (Å²) in [5, 5.41) is 18.9. The number of ether oxygens (including phenoxy) is 1. The summed E-state index contributed by atoms with van der Waals surface area (Å²) in [5.41, 5.74) is 4.53. The zero-order valence-electron chi connectivity index (χ0n) is 24.9. The number of carbonyl (C=O) groups is 3. The van der Waals surface area contributed by atoms with E-state index in [1.165, 1.54) is 40.0 Å². The molecule has 48 heavy (non-hydrogen) atoms. The molecule has 0 radical (unpaired) electrons. The Balaban J connectivity index is 1.21. The SMILES string of the molecule is N#CCn1cc(-c2cnc3c(Nc4ccc(C(=O)N5CCN([C@H]6CCNC6)C(OC(=O)C(N)=O)C5)c(Cl)c4)nccn23)c(C(F)(F)F)n1. The second-order valence-corrected chi connectivity index (χ2v) is 11.4. The number of nitriles is 1.